The number of ether oxygens (including phenoxy) is 1. The molecule has 0 radical (unpaired) electrons. The molecule has 0 spiro atoms. The summed E-state index contributed by atoms with van der Waals surface area (Å²) in [5, 5.41) is 9.25. The molecule has 70 valence electrons. The Balaban J connectivity index is 2.34. The summed E-state index contributed by atoms with van der Waals surface area (Å²) in [6.07, 6.45) is 0. The molecule has 1 N–H and O–H groups in total. The van der Waals surface area contributed by atoms with E-state index < -0.39 is 0 Å². The number of aromatic hydroxyl groups is 1. The molecule has 0 aliphatic carbocycles. The molecule has 2 rings (SSSR count). The molecule has 0 atom stereocenters. The molecule has 0 amide bonds. The van der Waals surface area contributed by atoms with Crippen LogP contribution in [0.4, 0.5) is 0 Å². The minimum atomic E-state index is 0.267. The summed E-state index contributed by atoms with van der Waals surface area (Å²) in [6.45, 7) is 2.50. The number of phenolic OH excluding ortho intramolecular Hbond substituents is 1. The summed E-state index contributed by atoms with van der Waals surface area (Å²) in [7, 11) is 2.06. The zero-order chi connectivity index (χ0) is 9.26. The fourth-order valence-corrected chi connectivity index (χ4v) is 1.49. The first-order valence-corrected chi connectivity index (χ1v) is 4.39. The molecule has 0 unspecified atom stereocenters. The Kier molecular flexibility index (Phi) is 2.10. The van der Waals surface area contributed by atoms with Crippen LogP contribution in [0.15, 0.2) is 18.2 Å². The Labute approximate surface area is 77.6 Å². The van der Waals surface area contributed by atoms with Crippen LogP contribution in [0.3, 0.4) is 0 Å². The molecule has 1 aliphatic heterocycles. The van der Waals surface area contributed by atoms with Crippen molar-refractivity contribution in [2.45, 2.75) is 6.54 Å². The minimum Gasteiger partial charge on any atom is -0.508 e. The first-order chi connectivity index (χ1) is 6.25. The number of likely N-dealkylation sites (N-methyl/N-ethyl adjacent to an activating group) is 1. The Hall–Kier alpha value is -1.22. The van der Waals surface area contributed by atoms with Crippen LogP contribution in [-0.2, 0) is 6.54 Å². The predicted molar refractivity (Wildman–Crippen MR) is 49.9 cm³/mol. The van der Waals surface area contributed by atoms with Crippen molar-refractivity contribution in [2.24, 2.45) is 0 Å². The Morgan fingerprint density at radius 2 is 2.31 bits per heavy atom. The Morgan fingerprint density at radius 1 is 1.46 bits per heavy atom. The molecule has 0 saturated carbocycles. The average molecular weight is 179 g/mol. The molecule has 1 aliphatic rings. The number of benzene rings is 1. The van der Waals surface area contributed by atoms with Gasteiger partial charge in [-0.1, -0.05) is 6.07 Å². The molecule has 3 nitrogen and oxygen atoms in total. The molecular formula is C10H13NO2. The lowest BCUT2D eigenvalue weighted by atomic mass is 10.2. The lowest BCUT2D eigenvalue weighted by Gasteiger charge is -2.11. The largest absolute Gasteiger partial charge is 0.508 e. The van der Waals surface area contributed by atoms with Crippen LogP contribution in [-0.4, -0.2) is 30.2 Å². The molecule has 1 aromatic rings. The van der Waals surface area contributed by atoms with E-state index in [2.05, 4.69) is 11.9 Å². The van der Waals surface area contributed by atoms with Crippen LogP contribution in [0.2, 0.25) is 0 Å². The lowest BCUT2D eigenvalue weighted by Crippen LogP contribution is -2.20. The maximum absolute atomic E-state index is 9.25. The van der Waals surface area contributed by atoms with E-state index in [-0.39, 0.29) is 5.75 Å². The number of fused-ring (bicyclic) bond motifs is 1. The third-order valence-electron chi connectivity index (χ3n) is 2.22. The maximum atomic E-state index is 9.25. The summed E-state index contributed by atoms with van der Waals surface area (Å²) in [5.41, 5.74) is 1.14. The summed E-state index contributed by atoms with van der Waals surface area (Å²) in [4.78, 5) is 2.20. The lowest BCUT2D eigenvalue weighted by molar-refractivity contribution is 0.258. The summed E-state index contributed by atoms with van der Waals surface area (Å²) >= 11 is 0. The molecule has 0 aromatic heterocycles. The van der Waals surface area contributed by atoms with Gasteiger partial charge in [-0.3, -0.25) is 4.90 Å². The van der Waals surface area contributed by atoms with Crippen molar-refractivity contribution in [3.05, 3.63) is 23.8 Å². The number of phenols is 1. The van der Waals surface area contributed by atoms with Crippen LogP contribution in [0.1, 0.15) is 5.56 Å². The number of hydrogen-bond donors (Lipinski definition) is 1. The number of hydrogen-bond acceptors (Lipinski definition) is 3. The molecule has 13 heavy (non-hydrogen) atoms. The van der Waals surface area contributed by atoms with Gasteiger partial charge in [-0.25, -0.2) is 0 Å². The fourth-order valence-electron chi connectivity index (χ4n) is 1.49. The highest BCUT2D eigenvalue weighted by molar-refractivity contribution is 5.40. The zero-order valence-corrected chi connectivity index (χ0v) is 7.66. The van der Waals surface area contributed by atoms with E-state index in [9.17, 15) is 5.11 Å². The van der Waals surface area contributed by atoms with Crippen molar-refractivity contribution < 1.29 is 9.84 Å². The van der Waals surface area contributed by atoms with Gasteiger partial charge >= 0.3 is 0 Å². The molecule has 0 bridgehead atoms. The van der Waals surface area contributed by atoms with Gasteiger partial charge < -0.3 is 9.84 Å². The van der Waals surface area contributed by atoms with E-state index in [4.69, 9.17) is 4.74 Å². The highest BCUT2D eigenvalue weighted by Gasteiger charge is 2.12. The molecule has 1 aromatic carbocycles. The number of nitrogens with zero attached hydrogens (tertiary/aromatic N) is 1. The van der Waals surface area contributed by atoms with Gasteiger partial charge in [-0.2, -0.15) is 0 Å². The second-order valence-electron chi connectivity index (χ2n) is 3.38. The zero-order valence-electron chi connectivity index (χ0n) is 7.66. The Morgan fingerprint density at radius 3 is 3.15 bits per heavy atom. The summed E-state index contributed by atoms with van der Waals surface area (Å²) in [5.74, 6) is 1.08. The third kappa shape index (κ3) is 1.75. The minimum absolute atomic E-state index is 0.267. The molecule has 3 heteroatoms. The topological polar surface area (TPSA) is 32.7 Å². The highest BCUT2D eigenvalue weighted by Crippen LogP contribution is 2.26. The SMILES string of the molecule is CN1CCOc2cc(O)ccc2C1. The van der Waals surface area contributed by atoms with Crippen molar-refractivity contribution in [1.29, 1.82) is 0 Å². The summed E-state index contributed by atoms with van der Waals surface area (Å²) in [6, 6.07) is 5.28. The van der Waals surface area contributed by atoms with Crippen molar-refractivity contribution in [3.63, 3.8) is 0 Å². The van der Waals surface area contributed by atoms with Crippen LogP contribution < -0.4 is 4.74 Å². The van der Waals surface area contributed by atoms with Gasteiger partial charge in [0.2, 0.25) is 0 Å². The van der Waals surface area contributed by atoms with Gasteiger partial charge in [0, 0.05) is 24.7 Å². The third-order valence-corrected chi connectivity index (χ3v) is 2.22. The van der Waals surface area contributed by atoms with Gasteiger partial charge in [0.15, 0.2) is 0 Å². The van der Waals surface area contributed by atoms with E-state index >= 15 is 0 Å². The van der Waals surface area contributed by atoms with Gasteiger partial charge in [0.1, 0.15) is 18.1 Å². The highest BCUT2D eigenvalue weighted by atomic mass is 16.5. The molecule has 1 heterocycles. The van der Waals surface area contributed by atoms with E-state index in [1.165, 1.54) is 0 Å². The van der Waals surface area contributed by atoms with Crippen molar-refractivity contribution in [1.82, 2.24) is 4.90 Å². The maximum Gasteiger partial charge on any atom is 0.127 e. The monoisotopic (exact) mass is 179 g/mol. The first kappa shape index (κ1) is 8.38. The van der Waals surface area contributed by atoms with Gasteiger partial charge in [0.25, 0.3) is 0 Å². The summed E-state index contributed by atoms with van der Waals surface area (Å²) < 4.78 is 5.50. The predicted octanol–water partition coefficient (Wildman–Crippen LogP) is 1.22. The number of rotatable bonds is 0. The van der Waals surface area contributed by atoms with E-state index in [0.29, 0.717) is 6.61 Å². The van der Waals surface area contributed by atoms with Crippen LogP contribution >= 0.6 is 0 Å². The quantitative estimate of drug-likeness (QED) is 0.650. The second-order valence-corrected chi connectivity index (χ2v) is 3.38. The molecule has 0 saturated heterocycles. The standard InChI is InChI=1S/C10H13NO2/c1-11-4-5-13-10-6-9(12)3-2-8(10)7-11/h2-3,6,12H,4-5,7H2,1H3. The van der Waals surface area contributed by atoms with E-state index in [1.807, 2.05) is 6.07 Å². The first-order valence-electron chi connectivity index (χ1n) is 4.39. The van der Waals surface area contributed by atoms with E-state index in [1.54, 1.807) is 12.1 Å². The molecule has 0 fully saturated rings. The fraction of sp³-hybridized carbons (Fsp3) is 0.400. The van der Waals surface area contributed by atoms with Crippen LogP contribution in [0, 0.1) is 0 Å². The smallest absolute Gasteiger partial charge is 0.127 e. The van der Waals surface area contributed by atoms with Gasteiger partial charge in [-0.15, -0.1) is 0 Å². The average Bonchev–Trinajstić information content (AvgIpc) is 2.25. The van der Waals surface area contributed by atoms with Gasteiger partial charge in [-0.05, 0) is 13.1 Å². The Bertz CT molecular complexity index is 312. The molecular weight excluding hydrogens is 166 g/mol. The van der Waals surface area contributed by atoms with Crippen molar-refractivity contribution in [2.75, 3.05) is 20.2 Å². The van der Waals surface area contributed by atoms with Crippen LogP contribution in [0.25, 0.3) is 0 Å². The van der Waals surface area contributed by atoms with Gasteiger partial charge in [0.05, 0.1) is 0 Å². The van der Waals surface area contributed by atoms with E-state index in [0.717, 1.165) is 24.4 Å². The van der Waals surface area contributed by atoms with Crippen molar-refractivity contribution in [3.8, 4) is 11.5 Å². The van der Waals surface area contributed by atoms with Crippen molar-refractivity contribution >= 4 is 0 Å². The normalized spacial score (nSPS) is 17.3. The van der Waals surface area contributed by atoms with Crippen LogP contribution in [0.5, 0.6) is 11.5 Å². The second kappa shape index (κ2) is 3.26.